The first-order chi connectivity index (χ1) is 27.8. The Balaban J connectivity index is 0.000000204. The van der Waals surface area contributed by atoms with E-state index in [1.165, 1.54) is 98.0 Å². The molecule has 0 N–H and O–H groups in total. The molecule has 0 bridgehead atoms. The molecule has 0 nitrogen and oxygen atoms in total. The van der Waals surface area contributed by atoms with Gasteiger partial charge < -0.3 is 45.1 Å². The van der Waals surface area contributed by atoms with Crippen LogP contribution in [0.3, 0.4) is 0 Å². The number of rotatable bonds is 6. The zero-order valence-corrected chi connectivity index (χ0v) is 40.2. The molecule has 304 valence electrons. The third-order valence-corrected chi connectivity index (χ3v) is 11.0. The molecule has 10 aromatic carbocycles. The summed E-state index contributed by atoms with van der Waals surface area (Å²) in [6.07, 6.45) is 3.01. The first-order valence-electron chi connectivity index (χ1n) is 20.6. The monoisotopic (exact) mass is 986 g/mol. The largest absolute Gasteiger partial charge is 1.00 e. The van der Waals surface area contributed by atoms with Gasteiger partial charge in [0.1, 0.15) is 0 Å². The van der Waals surface area contributed by atoms with Crippen molar-refractivity contribution in [3.05, 3.63) is 195 Å². The fourth-order valence-electron chi connectivity index (χ4n) is 8.82. The molecule has 0 aliphatic heterocycles. The van der Waals surface area contributed by atoms with Crippen LogP contribution in [0, 0.1) is 25.7 Å². The Kier molecular flexibility index (Phi) is 16.2. The minimum absolute atomic E-state index is 0. The van der Waals surface area contributed by atoms with Gasteiger partial charge in [0, 0.05) is 25.8 Å². The van der Waals surface area contributed by atoms with Gasteiger partial charge in [-0.3, -0.25) is 0 Å². The van der Waals surface area contributed by atoms with E-state index in [0.717, 1.165) is 19.3 Å². The molecule has 0 aliphatic rings. The quantitative estimate of drug-likeness (QED) is 0.0885. The third kappa shape index (κ3) is 9.66. The second-order valence-corrected chi connectivity index (χ2v) is 16.3. The van der Waals surface area contributed by atoms with Crippen molar-refractivity contribution in [1.82, 2.24) is 0 Å². The van der Waals surface area contributed by atoms with Crippen molar-refractivity contribution in [3.8, 4) is 22.3 Å². The second kappa shape index (κ2) is 20.8. The Labute approximate surface area is 388 Å². The molecule has 0 fully saturated rings. The van der Waals surface area contributed by atoms with Crippen molar-refractivity contribution in [2.24, 2.45) is 11.8 Å². The van der Waals surface area contributed by atoms with E-state index in [1.54, 1.807) is 0 Å². The van der Waals surface area contributed by atoms with E-state index in [2.05, 4.69) is 211 Å². The van der Waals surface area contributed by atoms with Crippen LogP contribution in [0.15, 0.2) is 170 Å². The van der Waals surface area contributed by atoms with Gasteiger partial charge in [-0.2, -0.15) is 12.1 Å². The summed E-state index contributed by atoms with van der Waals surface area (Å²) in [5, 5.41) is 16.0. The molecule has 0 aliphatic carbocycles. The number of hydrogen-bond acceptors (Lipinski definition) is 0. The first-order valence-corrected chi connectivity index (χ1v) is 20.6. The molecule has 0 spiro atoms. The van der Waals surface area contributed by atoms with Gasteiger partial charge in [-0.25, -0.2) is 0 Å². The predicted octanol–water partition coefficient (Wildman–Crippen LogP) is 10.5. The maximum absolute atomic E-state index is 3.38. The molecule has 0 aromatic heterocycles. The summed E-state index contributed by atoms with van der Waals surface area (Å²) in [7, 11) is 0. The molecule has 0 amide bonds. The van der Waals surface area contributed by atoms with Crippen LogP contribution < -0.4 is 24.8 Å². The zero-order valence-electron chi connectivity index (χ0n) is 35.1. The molecule has 10 aromatic rings. The molecule has 0 saturated carbocycles. The van der Waals surface area contributed by atoms with Crippen LogP contribution in [0.25, 0.3) is 86.9 Å². The predicted molar refractivity (Wildman–Crippen MR) is 252 cm³/mol. The molecule has 0 atom stereocenters. The first kappa shape index (κ1) is 46.5. The summed E-state index contributed by atoms with van der Waals surface area (Å²) in [6.45, 7) is 15.9. The van der Waals surface area contributed by atoms with Crippen LogP contribution in [0.4, 0.5) is 0 Å². The molecule has 0 unspecified atom stereocenters. The van der Waals surface area contributed by atoms with Crippen molar-refractivity contribution < 1.29 is 50.7 Å². The molecule has 0 saturated heterocycles. The molecule has 60 heavy (non-hydrogen) atoms. The SMILES string of the molecule is CC(C)Cc1cc2c(-c3c4ccccc4cc4ccccc34)cccc2[cH-]1.CC(C)Cc1cc2c(-c3c4ccccc4cc4ccccc34)cccc2[cH-]1.[CH2-]C[CH2-].[Cl-].[Cl-].[Hf]. The number of halogens is 2. The van der Waals surface area contributed by atoms with Crippen LogP contribution in [0.5, 0.6) is 0 Å². The number of fused-ring (bicyclic) bond motifs is 6. The number of hydrogen-bond donors (Lipinski definition) is 0. The summed E-state index contributed by atoms with van der Waals surface area (Å²) in [5.41, 5.74) is 8.28. The zero-order chi connectivity index (χ0) is 39.5. The standard InChI is InChI=1S/2C27H23.C3H6.2ClH.Hf/c2*1-18(2)14-19-15-20-10-7-13-25(26(20)16-19)27-23-11-5-3-8-21(23)17-22-9-4-6-12-24(22)27;1-3-2;;;/h2*3-13,15-18H,14H2,1-2H3;1-3H2;2*1H;/q2*-1;-2;;;/p-2. The van der Waals surface area contributed by atoms with Crippen molar-refractivity contribution in [2.75, 3.05) is 0 Å². The van der Waals surface area contributed by atoms with Crippen LogP contribution in [-0.4, -0.2) is 0 Å². The van der Waals surface area contributed by atoms with Crippen LogP contribution >= 0.6 is 0 Å². The van der Waals surface area contributed by atoms with Crippen molar-refractivity contribution in [1.29, 1.82) is 0 Å². The minimum atomic E-state index is 0. The molecule has 10 rings (SSSR count). The topological polar surface area (TPSA) is 0 Å². The summed E-state index contributed by atoms with van der Waals surface area (Å²) in [4.78, 5) is 0. The van der Waals surface area contributed by atoms with E-state index in [4.69, 9.17) is 0 Å². The van der Waals surface area contributed by atoms with Gasteiger partial charge in [0.25, 0.3) is 0 Å². The second-order valence-electron chi connectivity index (χ2n) is 16.3. The smallest absolute Gasteiger partial charge is 0 e. The Bertz CT molecular complexity index is 2670. The molecular formula is C57H52Cl2Hf-6. The molecule has 0 heterocycles. The maximum atomic E-state index is 3.38. The average molecular weight is 986 g/mol. The van der Waals surface area contributed by atoms with E-state index in [1.807, 2.05) is 0 Å². The average Bonchev–Trinajstić information content (AvgIpc) is 3.82. The van der Waals surface area contributed by atoms with Crippen molar-refractivity contribution >= 4 is 64.6 Å². The molecular weight excluding hydrogens is 934 g/mol. The third-order valence-electron chi connectivity index (χ3n) is 11.0. The van der Waals surface area contributed by atoms with Gasteiger partial charge in [-0.05, 0) is 91.0 Å². The van der Waals surface area contributed by atoms with Gasteiger partial charge in [-0.15, -0.1) is 69.1 Å². The van der Waals surface area contributed by atoms with E-state index >= 15 is 0 Å². The van der Waals surface area contributed by atoms with Gasteiger partial charge in [0.2, 0.25) is 0 Å². The summed E-state index contributed by atoms with van der Waals surface area (Å²) in [6, 6.07) is 62.7. The number of benzene rings is 8. The Morgan fingerprint density at radius 1 is 0.400 bits per heavy atom. The van der Waals surface area contributed by atoms with Gasteiger partial charge in [0.15, 0.2) is 0 Å². The summed E-state index contributed by atoms with van der Waals surface area (Å²) < 4.78 is 0. The van der Waals surface area contributed by atoms with Crippen LogP contribution in [0.1, 0.15) is 45.2 Å². The molecule has 0 radical (unpaired) electrons. The summed E-state index contributed by atoms with van der Waals surface area (Å²) >= 11 is 0. The fraction of sp³-hybridized carbons (Fsp3) is 0.158. The van der Waals surface area contributed by atoms with E-state index in [0.29, 0.717) is 11.8 Å². The van der Waals surface area contributed by atoms with E-state index < -0.39 is 0 Å². The van der Waals surface area contributed by atoms with E-state index in [9.17, 15) is 0 Å². The van der Waals surface area contributed by atoms with Gasteiger partial charge >= 0.3 is 0 Å². The Morgan fingerprint density at radius 2 is 0.700 bits per heavy atom. The van der Waals surface area contributed by atoms with Gasteiger partial charge in [-0.1, -0.05) is 148 Å². The van der Waals surface area contributed by atoms with Gasteiger partial charge in [0.05, 0.1) is 0 Å². The normalized spacial score (nSPS) is 10.9. The van der Waals surface area contributed by atoms with Crippen molar-refractivity contribution in [2.45, 2.75) is 47.0 Å². The van der Waals surface area contributed by atoms with Crippen LogP contribution in [-0.2, 0) is 38.7 Å². The minimum Gasteiger partial charge on any atom is -1.00 e. The van der Waals surface area contributed by atoms with E-state index in [-0.39, 0.29) is 50.7 Å². The van der Waals surface area contributed by atoms with Crippen LogP contribution in [0.2, 0.25) is 0 Å². The summed E-state index contributed by atoms with van der Waals surface area (Å²) in [5.74, 6) is 1.34. The fourth-order valence-corrected chi connectivity index (χ4v) is 8.82. The maximum Gasteiger partial charge on any atom is 0 e. The Morgan fingerprint density at radius 3 is 1.00 bits per heavy atom. The molecule has 3 heteroatoms. The Hall–Kier alpha value is -4.53. The van der Waals surface area contributed by atoms with Crippen molar-refractivity contribution in [3.63, 3.8) is 0 Å².